The molecule has 0 unspecified atom stereocenters. The molecule has 1 aromatic heterocycles. The number of hydrazone groups is 1. The van der Waals surface area contributed by atoms with Crippen molar-refractivity contribution in [3.63, 3.8) is 0 Å². The van der Waals surface area contributed by atoms with Crippen molar-refractivity contribution in [3.05, 3.63) is 83.4 Å². The van der Waals surface area contributed by atoms with E-state index in [1.807, 2.05) is 24.3 Å². The number of fused-ring (bicyclic) bond motifs is 1. The molecule has 0 atom stereocenters. The molecule has 8 nitrogen and oxygen atoms in total. The van der Waals surface area contributed by atoms with Gasteiger partial charge in [-0.15, -0.1) is 11.3 Å². The molecule has 0 saturated heterocycles. The van der Waals surface area contributed by atoms with Crippen molar-refractivity contribution in [2.45, 2.75) is 10.9 Å². The number of carboxylic acids is 1. The largest absolute Gasteiger partial charge is 0.493 e. The number of amides is 1. The Morgan fingerprint density at radius 1 is 1.11 bits per heavy atom. The second kappa shape index (κ2) is 11.5. The first kappa shape index (κ1) is 24.2. The Kier molecular flexibility index (Phi) is 7.96. The van der Waals surface area contributed by atoms with Crippen LogP contribution in [-0.2, 0) is 11.4 Å². The van der Waals surface area contributed by atoms with E-state index in [2.05, 4.69) is 15.5 Å². The van der Waals surface area contributed by atoms with Crippen LogP contribution in [0, 0.1) is 0 Å². The maximum atomic E-state index is 12.1. The van der Waals surface area contributed by atoms with Crippen LogP contribution in [0.1, 0.15) is 21.5 Å². The number of para-hydroxylation sites is 1. The molecule has 0 spiro atoms. The minimum atomic E-state index is -0.973. The summed E-state index contributed by atoms with van der Waals surface area (Å²) in [5.74, 6) is 0.0451. The zero-order chi connectivity index (χ0) is 24.6. The Morgan fingerprint density at radius 3 is 2.66 bits per heavy atom. The number of carbonyl (C=O) groups excluding carboxylic acids is 1. The fraction of sp³-hybridized carbons (Fsp3) is 0.120. The van der Waals surface area contributed by atoms with Crippen LogP contribution in [-0.4, -0.2) is 41.0 Å². The van der Waals surface area contributed by atoms with Gasteiger partial charge in [-0.3, -0.25) is 4.79 Å². The monoisotopic (exact) mass is 507 g/mol. The van der Waals surface area contributed by atoms with Gasteiger partial charge in [0.1, 0.15) is 6.61 Å². The van der Waals surface area contributed by atoms with E-state index < -0.39 is 5.97 Å². The minimum Gasteiger partial charge on any atom is -0.493 e. The van der Waals surface area contributed by atoms with Crippen LogP contribution < -0.4 is 14.9 Å². The Hall–Kier alpha value is -3.89. The summed E-state index contributed by atoms with van der Waals surface area (Å²) in [6.07, 6.45) is 1.52. The standard InChI is InChI=1S/C25H21N3O5S2/c1-32-21-12-17(8-11-20(21)33-14-16-6-9-18(10-7-16)24(30)31)13-26-28-23(29)15-34-25-27-19-4-2-3-5-22(19)35-25/h2-13H,14-15H2,1H3,(H,28,29)(H,30,31). The number of hydrogen-bond donors (Lipinski definition) is 2. The van der Waals surface area contributed by atoms with Gasteiger partial charge in [0.2, 0.25) is 0 Å². The molecule has 0 saturated carbocycles. The number of nitrogens with zero attached hydrogens (tertiary/aromatic N) is 2. The fourth-order valence-corrected chi connectivity index (χ4v) is 4.90. The van der Waals surface area contributed by atoms with Crippen molar-refractivity contribution in [2.75, 3.05) is 12.9 Å². The molecule has 4 aromatic rings. The number of aromatic carboxylic acids is 1. The lowest BCUT2D eigenvalue weighted by atomic mass is 10.1. The van der Waals surface area contributed by atoms with Crippen molar-refractivity contribution in [1.82, 2.24) is 10.4 Å². The number of hydrogen-bond acceptors (Lipinski definition) is 8. The van der Waals surface area contributed by atoms with Gasteiger partial charge in [-0.05, 0) is 53.6 Å². The molecule has 1 heterocycles. The lowest BCUT2D eigenvalue weighted by molar-refractivity contribution is -0.118. The van der Waals surface area contributed by atoms with Gasteiger partial charge in [0, 0.05) is 0 Å². The van der Waals surface area contributed by atoms with Crippen LogP contribution in [0.4, 0.5) is 0 Å². The van der Waals surface area contributed by atoms with E-state index in [1.165, 1.54) is 37.2 Å². The van der Waals surface area contributed by atoms with Gasteiger partial charge in [0.15, 0.2) is 15.8 Å². The number of ether oxygens (including phenoxy) is 2. The predicted molar refractivity (Wildman–Crippen MR) is 137 cm³/mol. The predicted octanol–water partition coefficient (Wildman–Crippen LogP) is 4.82. The minimum absolute atomic E-state index is 0.209. The van der Waals surface area contributed by atoms with Crippen LogP contribution in [0.5, 0.6) is 11.5 Å². The molecule has 0 radical (unpaired) electrons. The summed E-state index contributed by atoms with van der Waals surface area (Å²) >= 11 is 2.92. The van der Waals surface area contributed by atoms with Crippen molar-refractivity contribution >= 4 is 51.4 Å². The van der Waals surface area contributed by atoms with Gasteiger partial charge in [0.05, 0.1) is 34.9 Å². The molecule has 0 aliphatic rings. The zero-order valence-electron chi connectivity index (χ0n) is 18.6. The lowest BCUT2D eigenvalue weighted by Crippen LogP contribution is -2.19. The maximum absolute atomic E-state index is 12.1. The van der Waals surface area contributed by atoms with Crippen LogP contribution in [0.2, 0.25) is 0 Å². The number of carbonyl (C=O) groups is 2. The number of benzene rings is 3. The number of nitrogens with one attached hydrogen (secondary N) is 1. The summed E-state index contributed by atoms with van der Waals surface area (Å²) in [7, 11) is 1.53. The first-order valence-electron chi connectivity index (χ1n) is 10.4. The molecule has 1 amide bonds. The highest BCUT2D eigenvalue weighted by Gasteiger charge is 2.09. The maximum Gasteiger partial charge on any atom is 0.335 e. The van der Waals surface area contributed by atoms with Crippen molar-refractivity contribution < 1.29 is 24.2 Å². The Balaban J connectivity index is 1.28. The number of rotatable bonds is 10. The normalized spacial score (nSPS) is 11.0. The molecule has 10 heteroatoms. The Labute approximate surface area is 209 Å². The highest BCUT2D eigenvalue weighted by atomic mass is 32.2. The molecule has 178 valence electrons. The van der Waals surface area contributed by atoms with Gasteiger partial charge in [-0.25, -0.2) is 15.2 Å². The third-order valence-electron chi connectivity index (χ3n) is 4.79. The topological polar surface area (TPSA) is 110 Å². The zero-order valence-corrected chi connectivity index (χ0v) is 20.3. The van der Waals surface area contributed by atoms with E-state index >= 15 is 0 Å². The summed E-state index contributed by atoms with van der Waals surface area (Å²) in [4.78, 5) is 27.6. The van der Waals surface area contributed by atoms with E-state index in [4.69, 9.17) is 14.6 Å². The van der Waals surface area contributed by atoms with Crippen molar-refractivity contribution in [2.24, 2.45) is 5.10 Å². The van der Waals surface area contributed by atoms with Crippen LogP contribution in [0.3, 0.4) is 0 Å². The van der Waals surface area contributed by atoms with Gasteiger partial charge in [-0.1, -0.05) is 36.0 Å². The summed E-state index contributed by atoms with van der Waals surface area (Å²) < 4.78 is 13.1. The number of methoxy groups -OCH3 is 1. The van der Waals surface area contributed by atoms with Gasteiger partial charge in [0.25, 0.3) is 5.91 Å². The van der Waals surface area contributed by atoms with Crippen LogP contribution >= 0.6 is 23.1 Å². The lowest BCUT2D eigenvalue weighted by Gasteiger charge is -2.11. The van der Waals surface area contributed by atoms with E-state index in [1.54, 1.807) is 41.7 Å². The highest BCUT2D eigenvalue weighted by molar-refractivity contribution is 8.01. The molecule has 0 fully saturated rings. The van der Waals surface area contributed by atoms with Gasteiger partial charge in [-0.2, -0.15) is 5.10 Å². The van der Waals surface area contributed by atoms with E-state index in [0.29, 0.717) is 11.5 Å². The third-order valence-corrected chi connectivity index (χ3v) is 6.97. The molecular weight excluding hydrogens is 486 g/mol. The molecule has 0 bridgehead atoms. The van der Waals surface area contributed by atoms with E-state index in [0.717, 1.165) is 25.7 Å². The summed E-state index contributed by atoms with van der Waals surface area (Å²) in [5, 5.41) is 13.0. The van der Waals surface area contributed by atoms with Crippen molar-refractivity contribution in [3.8, 4) is 11.5 Å². The molecule has 2 N–H and O–H groups in total. The summed E-state index contributed by atoms with van der Waals surface area (Å²) in [6.45, 7) is 0.256. The van der Waals surface area contributed by atoms with Crippen LogP contribution in [0.15, 0.2) is 76.2 Å². The summed E-state index contributed by atoms with van der Waals surface area (Å²) in [5.41, 5.74) is 5.21. The molecule has 3 aromatic carbocycles. The van der Waals surface area contributed by atoms with E-state index in [-0.39, 0.29) is 23.8 Å². The second-order valence-corrected chi connectivity index (χ2v) is 9.48. The molecule has 0 aliphatic carbocycles. The van der Waals surface area contributed by atoms with Gasteiger partial charge < -0.3 is 14.6 Å². The average molecular weight is 508 g/mol. The fourth-order valence-electron chi connectivity index (χ4n) is 3.04. The number of thioether (sulfide) groups is 1. The Bertz CT molecular complexity index is 1340. The number of aromatic nitrogens is 1. The first-order valence-corrected chi connectivity index (χ1v) is 12.3. The van der Waals surface area contributed by atoms with Crippen LogP contribution in [0.25, 0.3) is 10.2 Å². The van der Waals surface area contributed by atoms with Gasteiger partial charge >= 0.3 is 5.97 Å². The van der Waals surface area contributed by atoms with E-state index in [9.17, 15) is 9.59 Å². The molecule has 35 heavy (non-hydrogen) atoms. The van der Waals surface area contributed by atoms with Crippen molar-refractivity contribution in [1.29, 1.82) is 0 Å². The molecular formula is C25H21N3O5S2. The number of carboxylic acid groups (broad SMARTS) is 1. The Morgan fingerprint density at radius 2 is 1.91 bits per heavy atom. The molecule has 4 rings (SSSR count). The quantitative estimate of drug-likeness (QED) is 0.180. The molecule has 0 aliphatic heterocycles. The third kappa shape index (κ3) is 6.58. The first-order chi connectivity index (χ1) is 17.0. The second-order valence-electron chi connectivity index (χ2n) is 7.23. The number of thiazole rings is 1. The smallest absolute Gasteiger partial charge is 0.335 e. The average Bonchev–Trinajstić information content (AvgIpc) is 3.30. The summed E-state index contributed by atoms with van der Waals surface area (Å²) in [6, 6.07) is 19.6. The SMILES string of the molecule is COc1cc(C=NNC(=O)CSc2nc3ccccc3s2)ccc1OCc1ccc(C(=O)O)cc1. The highest BCUT2D eigenvalue weighted by Crippen LogP contribution is 2.29.